The van der Waals surface area contributed by atoms with Crippen molar-refractivity contribution in [2.24, 2.45) is 0 Å². The predicted octanol–water partition coefficient (Wildman–Crippen LogP) is 6.46. The van der Waals surface area contributed by atoms with E-state index in [9.17, 15) is 5.11 Å². The Labute approximate surface area is 180 Å². The van der Waals surface area contributed by atoms with Crippen molar-refractivity contribution in [2.45, 2.75) is 11.5 Å². The lowest BCUT2D eigenvalue weighted by atomic mass is 9.66. The van der Waals surface area contributed by atoms with Crippen LogP contribution in [0.4, 0.5) is 0 Å². The second-order valence-corrected chi connectivity index (χ2v) is 7.72. The van der Waals surface area contributed by atoms with Crippen molar-refractivity contribution >= 4 is 23.2 Å². The second-order valence-electron chi connectivity index (χ2n) is 6.85. The van der Waals surface area contributed by atoms with Gasteiger partial charge in [-0.3, -0.25) is 4.98 Å². The smallest absolute Gasteiger partial charge is 0.0983 e. The Kier molecular flexibility index (Phi) is 5.68. The Morgan fingerprint density at radius 1 is 0.655 bits per heavy atom. The first-order valence-electron chi connectivity index (χ1n) is 9.29. The Bertz CT molecular complexity index is 1030. The minimum atomic E-state index is -0.930. The van der Waals surface area contributed by atoms with Gasteiger partial charge in [0.15, 0.2) is 0 Å². The van der Waals surface area contributed by atoms with E-state index >= 15 is 0 Å². The van der Waals surface area contributed by atoms with E-state index in [0.29, 0.717) is 10.0 Å². The number of nitrogens with zero attached hydrogens (tertiary/aromatic N) is 1. The number of hydrogen-bond donors (Lipinski definition) is 1. The van der Waals surface area contributed by atoms with Crippen LogP contribution >= 0.6 is 23.2 Å². The van der Waals surface area contributed by atoms with Crippen molar-refractivity contribution in [3.63, 3.8) is 0 Å². The topological polar surface area (TPSA) is 33.1 Å². The third-order valence-electron chi connectivity index (χ3n) is 5.19. The zero-order chi connectivity index (χ0) is 20.3. The van der Waals surface area contributed by atoms with Crippen LogP contribution < -0.4 is 0 Å². The minimum absolute atomic E-state index is 0.621. The highest BCUT2D eigenvalue weighted by atomic mass is 35.5. The van der Waals surface area contributed by atoms with Crippen LogP contribution in [0.2, 0.25) is 10.0 Å². The van der Waals surface area contributed by atoms with Gasteiger partial charge in [-0.25, -0.2) is 0 Å². The third-order valence-corrected chi connectivity index (χ3v) is 5.70. The largest absolute Gasteiger partial charge is 0.387 e. The van der Waals surface area contributed by atoms with E-state index in [1.54, 1.807) is 18.3 Å². The van der Waals surface area contributed by atoms with Gasteiger partial charge in [-0.05, 0) is 53.1 Å². The second kappa shape index (κ2) is 8.38. The monoisotopic (exact) mass is 419 g/mol. The van der Waals surface area contributed by atoms with Gasteiger partial charge in [0.05, 0.1) is 17.2 Å². The number of aliphatic hydroxyl groups is 1. The molecule has 0 bridgehead atoms. The van der Waals surface area contributed by atoms with Crippen LogP contribution in [0.25, 0.3) is 0 Å². The van der Waals surface area contributed by atoms with E-state index in [-0.39, 0.29) is 0 Å². The molecule has 1 aromatic heterocycles. The zero-order valence-electron chi connectivity index (χ0n) is 15.5. The fourth-order valence-corrected chi connectivity index (χ4v) is 4.08. The fraction of sp³-hybridized carbons (Fsp3) is 0.0800. The Morgan fingerprint density at radius 3 is 1.79 bits per heavy atom. The van der Waals surface area contributed by atoms with Crippen LogP contribution in [-0.4, -0.2) is 10.1 Å². The number of benzene rings is 3. The summed E-state index contributed by atoms with van der Waals surface area (Å²) in [6.07, 6.45) is 0.843. The minimum Gasteiger partial charge on any atom is -0.387 e. The average Bonchev–Trinajstić information content (AvgIpc) is 2.77. The summed E-state index contributed by atoms with van der Waals surface area (Å²) in [5.74, 6) is 0. The van der Waals surface area contributed by atoms with E-state index in [4.69, 9.17) is 23.2 Å². The number of pyridine rings is 1. The van der Waals surface area contributed by atoms with Gasteiger partial charge >= 0.3 is 0 Å². The molecule has 1 N–H and O–H groups in total. The van der Waals surface area contributed by atoms with E-state index in [2.05, 4.69) is 4.98 Å². The SMILES string of the molecule is OC(c1ccc(Cl)cc1)C(c1ccccc1)(c1ccc(Cl)cc1)c1ccccn1. The fourth-order valence-electron chi connectivity index (χ4n) is 3.82. The van der Waals surface area contributed by atoms with E-state index < -0.39 is 11.5 Å². The standard InChI is InChI=1S/C25H19Cl2NO/c26-21-13-9-18(10-14-21)24(29)25(19-6-2-1-3-7-19,23-8-4-5-17-28-23)20-11-15-22(27)16-12-20/h1-17,24,29H. The molecule has 0 spiro atoms. The summed E-state index contributed by atoms with van der Waals surface area (Å²) in [5.41, 5.74) is 2.40. The average molecular weight is 420 g/mol. The van der Waals surface area contributed by atoms with Gasteiger partial charge in [0, 0.05) is 16.2 Å². The molecule has 144 valence electrons. The third kappa shape index (κ3) is 3.67. The Morgan fingerprint density at radius 2 is 1.21 bits per heavy atom. The summed E-state index contributed by atoms with van der Waals surface area (Å²) in [6.45, 7) is 0. The molecule has 4 aromatic rings. The van der Waals surface area contributed by atoms with Gasteiger partial charge in [-0.1, -0.05) is 83.9 Å². The van der Waals surface area contributed by atoms with Crippen molar-refractivity contribution in [1.82, 2.24) is 4.98 Å². The summed E-state index contributed by atoms with van der Waals surface area (Å²) in [6, 6.07) is 30.5. The Balaban J connectivity index is 2.05. The van der Waals surface area contributed by atoms with Gasteiger partial charge in [-0.15, -0.1) is 0 Å². The van der Waals surface area contributed by atoms with E-state index in [1.165, 1.54) is 0 Å². The van der Waals surface area contributed by atoms with Crippen molar-refractivity contribution in [3.05, 3.63) is 136 Å². The molecule has 0 fully saturated rings. The first-order chi connectivity index (χ1) is 14.1. The number of halogens is 2. The molecule has 1 heterocycles. The molecule has 2 nitrogen and oxygen atoms in total. The van der Waals surface area contributed by atoms with Crippen LogP contribution in [0.15, 0.2) is 103 Å². The van der Waals surface area contributed by atoms with Crippen LogP contribution in [0.3, 0.4) is 0 Å². The van der Waals surface area contributed by atoms with Gasteiger partial charge in [-0.2, -0.15) is 0 Å². The molecule has 0 amide bonds. The molecule has 2 atom stereocenters. The maximum atomic E-state index is 11.8. The van der Waals surface area contributed by atoms with Crippen molar-refractivity contribution < 1.29 is 5.11 Å². The summed E-state index contributed by atoms with van der Waals surface area (Å²) >= 11 is 12.3. The summed E-state index contributed by atoms with van der Waals surface area (Å²) < 4.78 is 0. The van der Waals surface area contributed by atoms with Crippen molar-refractivity contribution in [1.29, 1.82) is 0 Å². The summed E-state index contributed by atoms with van der Waals surface area (Å²) in [7, 11) is 0. The molecule has 0 saturated heterocycles. The first kappa shape index (κ1) is 19.7. The highest BCUT2D eigenvalue weighted by Crippen LogP contribution is 2.48. The first-order valence-corrected chi connectivity index (χ1v) is 10.0. The molecule has 0 aliphatic rings. The molecule has 2 unspecified atom stereocenters. The number of rotatable bonds is 5. The Hall–Kier alpha value is -2.65. The maximum Gasteiger partial charge on any atom is 0.0983 e. The van der Waals surface area contributed by atoms with Crippen molar-refractivity contribution in [2.75, 3.05) is 0 Å². The number of aliphatic hydroxyl groups excluding tert-OH is 1. The quantitative estimate of drug-likeness (QED) is 0.402. The predicted molar refractivity (Wildman–Crippen MR) is 118 cm³/mol. The molecular formula is C25H19Cl2NO. The highest BCUT2D eigenvalue weighted by Gasteiger charge is 2.45. The number of hydrogen-bond acceptors (Lipinski definition) is 2. The number of aromatic nitrogens is 1. The maximum absolute atomic E-state index is 11.8. The van der Waals surface area contributed by atoms with Gasteiger partial charge in [0.1, 0.15) is 0 Å². The van der Waals surface area contributed by atoms with Crippen LogP contribution in [0.5, 0.6) is 0 Å². The molecule has 0 radical (unpaired) electrons. The van der Waals surface area contributed by atoms with Gasteiger partial charge in [0.25, 0.3) is 0 Å². The molecule has 3 aromatic carbocycles. The van der Waals surface area contributed by atoms with E-state index in [0.717, 1.165) is 22.4 Å². The van der Waals surface area contributed by atoms with Crippen LogP contribution in [0.1, 0.15) is 28.5 Å². The lowest BCUT2D eigenvalue weighted by Crippen LogP contribution is -2.37. The summed E-state index contributed by atoms with van der Waals surface area (Å²) in [5, 5.41) is 13.1. The molecule has 0 aliphatic heterocycles. The van der Waals surface area contributed by atoms with E-state index in [1.807, 2.05) is 84.9 Å². The van der Waals surface area contributed by atoms with Gasteiger partial charge in [0.2, 0.25) is 0 Å². The highest BCUT2D eigenvalue weighted by molar-refractivity contribution is 6.30. The lowest BCUT2D eigenvalue weighted by Gasteiger charge is -2.39. The molecule has 4 heteroatoms. The van der Waals surface area contributed by atoms with Gasteiger partial charge < -0.3 is 5.11 Å². The normalized spacial score (nSPS) is 14.2. The lowest BCUT2D eigenvalue weighted by molar-refractivity contribution is 0.120. The van der Waals surface area contributed by atoms with Crippen molar-refractivity contribution in [3.8, 4) is 0 Å². The molecular weight excluding hydrogens is 401 g/mol. The summed E-state index contributed by atoms with van der Waals surface area (Å²) in [4.78, 5) is 4.67. The zero-order valence-corrected chi connectivity index (χ0v) is 17.1. The van der Waals surface area contributed by atoms with Crippen LogP contribution in [0, 0.1) is 0 Å². The van der Waals surface area contributed by atoms with Crippen LogP contribution in [-0.2, 0) is 5.41 Å². The molecule has 0 saturated carbocycles. The molecule has 4 rings (SSSR count). The molecule has 0 aliphatic carbocycles. The molecule has 29 heavy (non-hydrogen) atoms.